The highest BCUT2D eigenvalue weighted by atomic mass is 16.5. The largest absolute Gasteiger partial charge is 0.501 e. The minimum atomic E-state index is 1.04. The molecule has 0 aromatic heterocycles. The summed E-state index contributed by atoms with van der Waals surface area (Å²) in [5.41, 5.74) is 3.24. The molecule has 0 aromatic carbocycles. The van der Waals surface area contributed by atoms with Crippen LogP contribution in [0.4, 0.5) is 0 Å². The van der Waals surface area contributed by atoms with Crippen molar-refractivity contribution in [2.45, 2.75) is 19.3 Å². The second-order valence-electron chi connectivity index (χ2n) is 3.95. The Morgan fingerprint density at radius 2 is 2.23 bits per heavy atom. The van der Waals surface area contributed by atoms with Gasteiger partial charge in [0.05, 0.1) is 12.9 Å². The predicted octanol–water partition coefficient (Wildman–Crippen LogP) is 1.94. The Bertz CT molecular complexity index is 265. The van der Waals surface area contributed by atoms with Crippen molar-refractivity contribution in [3.63, 3.8) is 0 Å². The molecule has 1 aliphatic heterocycles. The fourth-order valence-corrected chi connectivity index (χ4v) is 2.12. The van der Waals surface area contributed by atoms with Gasteiger partial charge in [0.1, 0.15) is 0 Å². The van der Waals surface area contributed by atoms with E-state index in [-0.39, 0.29) is 0 Å². The third-order valence-corrected chi connectivity index (χ3v) is 2.98. The summed E-state index contributed by atoms with van der Waals surface area (Å²) in [7, 11) is 3.96. The molecule has 2 rings (SSSR count). The quantitative estimate of drug-likeness (QED) is 0.570. The van der Waals surface area contributed by atoms with Crippen LogP contribution in [0.3, 0.4) is 0 Å². The molecule has 13 heavy (non-hydrogen) atoms. The Balaban J connectivity index is 2.09. The standard InChI is InChI=1S/C11H17NO/c1-12-6-5-9-3-4-11(13-2)7-10(9)8-12/h4H,3,5-8H2,1-2H3. The van der Waals surface area contributed by atoms with Gasteiger partial charge in [-0.25, -0.2) is 0 Å². The highest BCUT2D eigenvalue weighted by Gasteiger charge is 2.19. The Kier molecular flexibility index (Phi) is 2.40. The van der Waals surface area contributed by atoms with Gasteiger partial charge >= 0.3 is 0 Å². The monoisotopic (exact) mass is 179 g/mol. The Morgan fingerprint density at radius 3 is 3.00 bits per heavy atom. The number of allylic oxidation sites excluding steroid dienone is 2. The van der Waals surface area contributed by atoms with Crippen molar-refractivity contribution in [2.75, 3.05) is 27.2 Å². The van der Waals surface area contributed by atoms with Crippen molar-refractivity contribution in [1.82, 2.24) is 4.90 Å². The van der Waals surface area contributed by atoms with Gasteiger partial charge in [0.2, 0.25) is 0 Å². The summed E-state index contributed by atoms with van der Waals surface area (Å²) in [5, 5.41) is 0. The van der Waals surface area contributed by atoms with E-state index in [9.17, 15) is 0 Å². The zero-order valence-electron chi connectivity index (χ0n) is 8.47. The molecule has 2 nitrogen and oxygen atoms in total. The van der Waals surface area contributed by atoms with Gasteiger partial charge in [0.25, 0.3) is 0 Å². The minimum absolute atomic E-state index is 1.04. The fraction of sp³-hybridized carbons (Fsp3) is 0.636. The Labute approximate surface area is 79.9 Å². The Morgan fingerprint density at radius 1 is 1.38 bits per heavy atom. The molecule has 0 saturated carbocycles. The topological polar surface area (TPSA) is 12.5 Å². The molecule has 1 aliphatic carbocycles. The van der Waals surface area contributed by atoms with Crippen molar-refractivity contribution in [3.05, 3.63) is 23.0 Å². The van der Waals surface area contributed by atoms with Crippen LogP contribution in [-0.2, 0) is 4.74 Å². The van der Waals surface area contributed by atoms with Crippen LogP contribution in [0, 0.1) is 0 Å². The molecule has 72 valence electrons. The second-order valence-corrected chi connectivity index (χ2v) is 3.95. The zero-order chi connectivity index (χ0) is 9.26. The van der Waals surface area contributed by atoms with Crippen LogP contribution in [0.15, 0.2) is 23.0 Å². The van der Waals surface area contributed by atoms with E-state index < -0.39 is 0 Å². The maximum Gasteiger partial charge on any atom is 0.0959 e. The van der Waals surface area contributed by atoms with Gasteiger partial charge in [-0.2, -0.15) is 0 Å². The molecule has 0 aromatic rings. The highest BCUT2D eigenvalue weighted by molar-refractivity contribution is 5.29. The molecule has 0 spiro atoms. The molecular formula is C11H17NO. The number of ether oxygens (including phenoxy) is 1. The van der Waals surface area contributed by atoms with E-state index in [4.69, 9.17) is 4.74 Å². The van der Waals surface area contributed by atoms with Gasteiger partial charge < -0.3 is 9.64 Å². The van der Waals surface area contributed by atoms with E-state index in [1.54, 1.807) is 18.3 Å². The molecule has 0 saturated heterocycles. The van der Waals surface area contributed by atoms with Gasteiger partial charge in [0, 0.05) is 19.5 Å². The molecule has 0 atom stereocenters. The fourth-order valence-electron chi connectivity index (χ4n) is 2.12. The molecule has 1 heterocycles. The first-order valence-corrected chi connectivity index (χ1v) is 4.91. The van der Waals surface area contributed by atoms with Crippen LogP contribution in [0.2, 0.25) is 0 Å². The molecule has 0 fully saturated rings. The van der Waals surface area contributed by atoms with E-state index >= 15 is 0 Å². The van der Waals surface area contributed by atoms with Crippen molar-refractivity contribution in [2.24, 2.45) is 0 Å². The van der Waals surface area contributed by atoms with Gasteiger partial charge in [-0.15, -0.1) is 0 Å². The lowest BCUT2D eigenvalue weighted by Gasteiger charge is -2.30. The molecule has 2 aliphatic rings. The van der Waals surface area contributed by atoms with Crippen molar-refractivity contribution in [1.29, 1.82) is 0 Å². The lowest BCUT2D eigenvalue weighted by Crippen LogP contribution is -2.29. The number of hydrogen-bond acceptors (Lipinski definition) is 2. The summed E-state index contributed by atoms with van der Waals surface area (Å²) in [6.07, 6.45) is 5.63. The normalized spacial score (nSPS) is 24.0. The average Bonchev–Trinajstić information content (AvgIpc) is 2.16. The average molecular weight is 179 g/mol. The van der Waals surface area contributed by atoms with Gasteiger partial charge in [-0.05, 0) is 31.5 Å². The van der Waals surface area contributed by atoms with Crippen molar-refractivity contribution >= 4 is 0 Å². The number of likely N-dealkylation sites (N-methyl/N-ethyl adjacent to an activating group) is 1. The van der Waals surface area contributed by atoms with E-state index in [0.717, 1.165) is 25.1 Å². The van der Waals surface area contributed by atoms with Crippen LogP contribution >= 0.6 is 0 Å². The smallest absolute Gasteiger partial charge is 0.0959 e. The summed E-state index contributed by atoms with van der Waals surface area (Å²) in [6, 6.07) is 0. The third kappa shape index (κ3) is 1.78. The van der Waals surface area contributed by atoms with E-state index in [1.807, 2.05) is 0 Å². The number of methoxy groups -OCH3 is 1. The van der Waals surface area contributed by atoms with Crippen LogP contribution in [-0.4, -0.2) is 32.1 Å². The maximum absolute atomic E-state index is 5.28. The molecule has 0 N–H and O–H groups in total. The molecule has 0 amide bonds. The van der Waals surface area contributed by atoms with Gasteiger partial charge in [-0.1, -0.05) is 5.57 Å². The van der Waals surface area contributed by atoms with Crippen LogP contribution in [0.1, 0.15) is 19.3 Å². The van der Waals surface area contributed by atoms with E-state index in [1.165, 1.54) is 13.0 Å². The SMILES string of the molecule is COC1=CCC2=C(C1)CN(C)CC2. The van der Waals surface area contributed by atoms with Crippen molar-refractivity contribution < 1.29 is 4.74 Å². The summed E-state index contributed by atoms with van der Waals surface area (Å²) < 4.78 is 5.28. The van der Waals surface area contributed by atoms with Gasteiger partial charge in [-0.3, -0.25) is 0 Å². The first kappa shape index (κ1) is 8.82. The van der Waals surface area contributed by atoms with Crippen molar-refractivity contribution in [3.8, 4) is 0 Å². The van der Waals surface area contributed by atoms with E-state index in [0.29, 0.717) is 0 Å². The van der Waals surface area contributed by atoms with E-state index in [2.05, 4.69) is 18.0 Å². The number of hydrogen-bond donors (Lipinski definition) is 0. The first-order chi connectivity index (χ1) is 6.29. The first-order valence-electron chi connectivity index (χ1n) is 4.91. The summed E-state index contributed by atoms with van der Waals surface area (Å²) in [4.78, 5) is 2.39. The van der Waals surface area contributed by atoms with Crippen LogP contribution in [0.5, 0.6) is 0 Å². The molecule has 0 unspecified atom stereocenters. The number of nitrogens with zero attached hydrogens (tertiary/aromatic N) is 1. The molecular weight excluding hydrogens is 162 g/mol. The summed E-state index contributed by atoms with van der Waals surface area (Å²) in [5.74, 6) is 1.15. The molecule has 0 bridgehead atoms. The zero-order valence-corrected chi connectivity index (χ0v) is 8.47. The summed E-state index contributed by atoms with van der Waals surface area (Å²) >= 11 is 0. The van der Waals surface area contributed by atoms with Gasteiger partial charge in [0.15, 0.2) is 0 Å². The maximum atomic E-state index is 5.28. The second kappa shape index (κ2) is 3.54. The minimum Gasteiger partial charge on any atom is -0.501 e. The third-order valence-electron chi connectivity index (χ3n) is 2.98. The highest BCUT2D eigenvalue weighted by Crippen LogP contribution is 2.30. The molecule has 0 radical (unpaired) electrons. The summed E-state index contributed by atoms with van der Waals surface area (Å²) in [6.45, 7) is 2.35. The van der Waals surface area contributed by atoms with Crippen LogP contribution < -0.4 is 0 Å². The number of rotatable bonds is 1. The predicted molar refractivity (Wildman–Crippen MR) is 53.5 cm³/mol. The lowest BCUT2D eigenvalue weighted by atomic mass is 9.90. The lowest BCUT2D eigenvalue weighted by molar-refractivity contribution is 0.269. The molecule has 2 heteroatoms. The Hall–Kier alpha value is -0.760. The van der Waals surface area contributed by atoms with Crippen LogP contribution in [0.25, 0.3) is 0 Å².